The van der Waals surface area contributed by atoms with Crippen LogP contribution in [0.2, 0.25) is 0 Å². The minimum Gasteiger partial charge on any atom is -0.365 e. The fraction of sp³-hybridized carbons (Fsp3) is 1.00. The summed E-state index contributed by atoms with van der Waals surface area (Å²) in [5.41, 5.74) is 0.750. The Balaban J connectivity index is 0.000000174. The number of hydrogen-bond acceptors (Lipinski definition) is 7. The van der Waals surface area contributed by atoms with Crippen molar-refractivity contribution in [1.29, 1.82) is 0 Å². The summed E-state index contributed by atoms with van der Waals surface area (Å²) in [6.07, 6.45) is 0. The van der Waals surface area contributed by atoms with E-state index in [1.54, 1.807) is 0 Å². The molecule has 0 saturated carbocycles. The average Bonchev–Trinajstić information content (AvgIpc) is 2.85. The van der Waals surface area contributed by atoms with Crippen molar-refractivity contribution in [2.75, 3.05) is 39.8 Å². The van der Waals surface area contributed by atoms with Crippen LogP contribution in [0.3, 0.4) is 0 Å². The molecule has 0 unspecified atom stereocenters. The molecular formula is C6H17N3O4. The van der Waals surface area contributed by atoms with Crippen LogP contribution in [0.5, 0.6) is 0 Å². The predicted molar refractivity (Wildman–Crippen MR) is 44.4 cm³/mol. The van der Waals surface area contributed by atoms with Crippen LogP contribution in [0.4, 0.5) is 0 Å². The predicted octanol–water partition coefficient (Wildman–Crippen LogP) is -1.52. The molecule has 2 fully saturated rings. The molecule has 0 aromatic rings. The first-order valence-electron chi connectivity index (χ1n) is 4.02. The molecule has 2 saturated heterocycles. The quantitative estimate of drug-likeness (QED) is 0.300. The molecule has 0 aliphatic carbocycles. The second kappa shape index (κ2) is 11.7. The van der Waals surface area contributed by atoms with Crippen LogP contribution in [-0.4, -0.2) is 50.2 Å². The Morgan fingerprint density at radius 3 is 1.38 bits per heavy atom. The van der Waals surface area contributed by atoms with Crippen molar-refractivity contribution in [3.05, 3.63) is 0 Å². The van der Waals surface area contributed by atoms with Crippen LogP contribution < -0.4 is 16.3 Å². The maximum absolute atomic E-state index is 6.88. The van der Waals surface area contributed by atoms with Gasteiger partial charge < -0.3 is 9.47 Å². The standard InChI is InChI=1S/2C3H7NO.H3NO2/c2*1-2-5-3-4-1;2-1-3/h2*4H,1-3H2;1-3H. The van der Waals surface area contributed by atoms with E-state index >= 15 is 0 Å². The Morgan fingerprint density at radius 2 is 1.31 bits per heavy atom. The molecule has 2 aliphatic heterocycles. The highest BCUT2D eigenvalue weighted by Crippen LogP contribution is 1.75. The van der Waals surface area contributed by atoms with Crippen LogP contribution in [0.1, 0.15) is 0 Å². The Bertz CT molecular complexity index is 62.7. The fourth-order valence-corrected chi connectivity index (χ4v) is 0.722. The van der Waals surface area contributed by atoms with E-state index in [4.69, 9.17) is 19.9 Å². The van der Waals surface area contributed by atoms with Gasteiger partial charge in [-0.2, -0.15) is 0 Å². The maximum Gasteiger partial charge on any atom is 0.0966 e. The zero-order chi connectivity index (χ0) is 9.78. The molecule has 0 atom stereocenters. The highest BCUT2D eigenvalue weighted by molar-refractivity contribution is 4.43. The number of ether oxygens (including phenoxy) is 2. The second-order valence-electron chi connectivity index (χ2n) is 2.21. The zero-order valence-corrected chi connectivity index (χ0v) is 7.45. The molecule has 5 N–H and O–H groups in total. The van der Waals surface area contributed by atoms with Gasteiger partial charge in [-0.25, -0.2) is 0 Å². The lowest BCUT2D eigenvalue weighted by Crippen LogP contribution is -2.05. The number of rotatable bonds is 0. The van der Waals surface area contributed by atoms with Crippen LogP contribution >= 0.6 is 0 Å². The number of nitrogens with one attached hydrogen (secondary N) is 3. The molecule has 2 aliphatic rings. The van der Waals surface area contributed by atoms with Crippen molar-refractivity contribution in [2.45, 2.75) is 0 Å². The molecule has 0 bridgehead atoms. The molecule has 2 rings (SSSR count). The molecule has 80 valence electrons. The van der Waals surface area contributed by atoms with Crippen LogP contribution in [0, 0.1) is 0 Å². The normalized spacial score (nSPS) is 19.8. The lowest BCUT2D eigenvalue weighted by Gasteiger charge is -1.76. The van der Waals surface area contributed by atoms with Crippen molar-refractivity contribution in [3.63, 3.8) is 0 Å². The topological polar surface area (TPSA) is 95.0 Å². The third-order valence-electron chi connectivity index (χ3n) is 1.25. The first kappa shape index (κ1) is 12.7. The van der Waals surface area contributed by atoms with Crippen molar-refractivity contribution < 1.29 is 19.9 Å². The summed E-state index contributed by atoms with van der Waals surface area (Å²) in [5.74, 6) is 0. The van der Waals surface area contributed by atoms with E-state index in [2.05, 4.69) is 10.6 Å². The van der Waals surface area contributed by atoms with Crippen molar-refractivity contribution in [3.8, 4) is 0 Å². The highest BCUT2D eigenvalue weighted by atomic mass is 16.7. The zero-order valence-electron chi connectivity index (χ0n) is 7.45. The molecule has 0 aromatic carbocycles. The number of hydrogen-bond donors (Lipinski definition) is 5. The molecule has 7 heteroatoms. The average molecular weight is 195 g/mol. The molecule has 0 amide bonds. The van der Waals surface area contributed by atoms with Crippen molar-refractivity contribution in [2.24, 2.45) is 0 Å². The minimum atomic E-state index is 0.750. The van der Waals surface area contributed by atoms with Gasteiger partial charge in [-0.05, 0) is 0 Å². The fourth-order valence-electron chi connectivity index (χ4n) is 0.722. The summed E-state index contributed by atoms with van der Waals surface area (Å²) >= 11 is 0. The van der Waals surface area contributed by atoms with Gasteiger partial charge in [0.2, 0.25) is 0 Å². The third kappa shape index (κ3) is 11.7. The summed E-state index contributed by atoms with van der Waals surface area (Å²) in [6, 6.07) is 0. The Morgan fingerprint density at radius 1 is 0.923 bits per heavy atom. The largest absolute Gasteiger partial charge is 0.365 e. The van der Waals surface area contributed by atoms with Crippen LogP contribution in [0.15, 0.2) is 0 Å². The van der Waals surface area contributed by atoms with E-state index in [1.807, 2.05) is 0 Å². The van der Waals surface area contributed by atoms with Gasteiger partial charge in [-0.3, -0.25) is 21.0 Å². The van der Waals surface area contributed by atoms with E-state index in [0.717, 1.165) is 45.4 Å². The van der Waals surface area contributed by atoms with E-state index in [9.17, 15) is 0 Å². The Hall–Kier alpha value is -0.280. The Labute approximate surface area is 76.9 Å². The smallest absolute Gasteiger partial charge is 0.0966 e. The van der Waals surface area contributed by atoms with Gasteiger partial charge in [-0.15, -0.1) is 0 Å². The monoisotopic (exact) mass is 195 g/mol. The van der Waals surface area contributed by atoms with E-state index < -0.39 is 0 Å². The lowest BCUT2D eigenvalue weighted by molar-refractivity contribution is -0.0678. The molecule has 7 nitrogen and oxygen atoms in total. The molecule has 0 spiro atoms. The van der Waals surface area contributed by atoms with Crippen LogP contribution in [-0.2, 0) is 9.47 Å². The molecular weight excluding hydrogens is 178 g/mol. The van der Waals surface area contributed by atoms with Gasteiger partial charge in [0.25, 0.3) is 0 Å². The van der Waals surface area contributed by atoms with Crippen molar-refractivity contribution >= 4 is 0 Å². The lowest BCUT2D eigenvalue weighted by atomic mass is 10.7. The maximum atomic E-state index is 6.88. The van der Waals surface area contributed by atoms with Gasteiger partial charge in [0.1, 0.15) is 0 Å². The Kier molecular flexibility index (Phi) is 11.5. The van der Waals surface area contributed by atoms with Crippen molar-refractivity contribution in [1.82, 2.24) is 16.3 Å². The van der Waals surface area contributed by atoms with Gasteiger partial charge in [0, 0.05) is 13.1 Å². The van der Waals surface area contributed by atoms with Gasteiger partial charge in [0.05, 0.1) is 26.7 Å². The second-order valence-corrected chi connectivity index (χ2v) is 2.21. The van der Waals surface area contributed by atoms with E-state index in [-0.39, 0.29) is 0 Å². The molecule has 2 heterocycles. The first-order valence-corrected chi connectivity index (χ1v) is 4.02. The molecule has 0 aromatic heterocycles. The summed E-state index contributed by atoms with van der Waals surface area (Å²) < 4.78 is 9.67. The van der Waals surface area contributed by atoms with E-state index in [1.165, 1.54) is 0 Å². The first-order chi connectivity index (χ1) is 6.41. The van der Waals surface area contributed by atoms with E-state index in [0.29, 0.717) is 0 Å². The van der Waals surface area contributed by atoms with Gasteiger partial charge in [-0.1, -0.05) is 5.64 Å². The van der Waals surface area contributed by atoms with Gasteiger partial charge in [0.15, 0.2) is 0 Å². The highest BCUT2D eigenvalue weighted by Gasteiger charge is 1.92. The van der Waals surface area contributed by atoms with Gasteiger partial charge >= 0.3 is 0 Å². The molecule has 13 heavy (non-hydrogen) atoms. The summed E-state index contributed by atoms with van der Waals surface area (Å²) in [5, 5.41) is 19.8. The minimum absolute atomic E-state index is 0.750. The summed E-state index contributed by atoms with van der Waals surface area (Å²) in [4.78, 5) is 0. The van der Waals surface area contributed by atoms with Crippen LogP contribution in [0.25, 0.3) is 0 Å². The third-order valence-corrected chi connectivity index (χ3v) is 1.25. The molecule has 0 radical (unpaired) electrons. The summed E-state index contributed by atoms with van der Waals surface area (Å²) in [7, 11) is 0. The summed E-state index contributed by atoms with van der Waals surface area (Å²) in [6.45, 7) is 5.33. The SMILES string of the molecule is C1COCN1.C1COCN1.ONO.